The van der Waals surface area contributed by atoms with E-state index < -0.39 is 0 Å². The molecule has 0 radical (unpaired) electrons. The fraction of sp³-hybridized carbons (Fsp3) is 0.500. The van der Waals surface area contributed by atoms with Crippen molar-refractivity contribution in [2.75, 3.05) is 5.73 Å². The van der Waals surface area contributed by atoms with E-state index in [0.29, 0.717) is 34.4 Å². The zero-order chi connectivity index (χ0) is 15.1. The Hall–Kier alpha value is -1.38. The Bertz CT molecular complexity index is 684. The van der Waals surface area contributed by atoms with Crippen LogP contribution >= 0.6 is 28.3 Å². The van der Waals surface area contributed by atoms with Gasteiger partial charge in [0.25, 0.3) is 5.88 Å². The van der Waals surface area contributed by atoms with E-state index in [0.717, 1.165) is 12.8 Å². The number of nitrogen functional groups attached to an aromatic ring is 1. The van der Waals surface area contributed by atoms with E-state index in [1.807, 2.05) is 10.9 Å². The molecule has 0 saturated carbocycles. The molecule has 9 heteroatoms. The highest BCUT2D eigenvalue weighted by Gasteiger charge is 2.34. The van der Waals surface area contributed by atoms with E-state index >= 15 is 0 Å². The van der Waals surface area contributed by atoms with Gasteiger partial charge in [0.05, 0.1) is 24.6 Å². The number of hydrogen-bond donors (Lipinski definition) is 2. The summed E-state index contributed by atoms with van der Waals surface area (Å²) in [6.45, 7) is 0. The van der Waals surface area contributed by atoms with Crippen LogP contribution in [0.3, 0.4) is 0 Å². The lowest BCUT2D eigenvalue weighted by Gasteiger charge is -2.29. The quantitative estimate of drug-likeness (QED) is 0.822. The van der Waals surface area contributed by atoms with Gasteiger partial charge in [-0.15, -0.1) is 12.4 Å². The number of ether oxygens (including phenoxy) is 1. The number of hydrogen-bond acceptors (Lipinski definition) is 6. The number of nitrogens with one attached hydrogen (secondary N) is 1. The molecule has 0 spiro atoms. The van der Waals surface area contributed by atoms with E-state index in [2.05, 4.69) is 36.3 Å². The first-order chi connectivity index (χ1) is 10.7. The van der Waals surface area contributed by atoms with Gasteiger partial charge >= 0.3 is 0 Å². The average Bonchev–Trinajstić information content (AvgIpc) is 3.10. The number of nitrogens with zero attached hydrogens (tertiary/aromatic N) is 4. The number of rotatable bonds is 3. The van der Waals surface area contributed by atoms with Gasteiger partial charge in [0.15, 0.2) is 11.6 Å². The monoisotopic (exact) mass is 400 g/mol. The van der Waals surface area contributed by atoms with Crippen molar-refractivity contribution in [2.45, 2.75) is 43.8 Å². The van der Waals surface area contributed by atoms with E-state index in [1.165, 1.54) is 19.0 Å². The summed E-state index contributed by atoms with van der Waals surface area (Å²) in [6, 6.07) is 1.69. The molecule has 2 aliphatic heterocycles. The van der Waals surface area contributed by atoms with E-state index in [1.54, 1.807) is 6.20 Å². The highest BCUT2D eigenvalue weighted by Crippen LogP contribution is 2.34. The molecule has 124 valence electrons. The van der Waals surface area contributed by atoms with Crippen LogP contribution in [0.5, 0.6) is 11.6 Å². The number of fused-ring (bicyclic) bond motifs is 2. The van der Waals surface area contributed by atoms with Crippen LogP contribution in [0.1, 0.15) is 31.7 Å². The predicted octanol–water partition coefficient (Wildman–Crippen LogP) is 2.69. The Balaban J connectivity index is 0.00000156. The Morgan fingerprint density at radius 2 is 2.00 bits per heavy atom. The summed E-state index contributed by atoms with van der Waals surface area (Å²) in [7, 11) is 0. The third-order valence-electron chi connectivity index (χ3n) is 4.35. The number of nitrogens with two attached hydrogens (primary N) is 1. The number of piperidine rings is 1. The molecular weight excluding hydrogens is 384 g/mol. The van der Waals surface area contributed by atoms with Crippen LogP contribution in [-0.2, 0) is 0 Å². The van der Waals surface area contributed by atoms with E-state index in [9.17, 15) is 0 Å². The van der Waals surface area contributed by atoms with Gasteiger partial charge in [-0.1, -0.05) is 0 Å². The van der Waals surface area contributed by atoms with Gasteiger partial charge in [-0.2, -0.15) is 5.10 Å². The first kappa shape index (κ1) is 16.5. The molecule has 3 N–H and O–H groups in total. The summed E-state index contributed by atoms with van der Waals surface area (Å²) in [5.74, 6) is 1.18. The second-order valence-corrected chi connectivity index (χ2v) is 6.72. The summed E-state index contributed by atoms with van der Waals surface area (Å²) in [4.78, 5) is 8.19. The van der Waals surface area contributed by atoms with Crippen molar-refractivity contribution in [3.8, 4) is 11.6 Å². The van der Waals surface area contributed by atoms with Gasteiger partial charge in [0, 0.05) is 12.1 Å². The van der Waals surface area contributed by atoms with Crippen molar-refractivity contribution in [3.63, 3.8) is 0 Å². The largest absolute Gasteiger partial charge is 0.433 e. The Labute approximate surface area is 148 Å². The summed E-state index contributed by atoms with van der Waals surface area (Å²) in [5, 5.41) is 8.09. The Kier molecular flexibility index (Phi) is 4.74. The van der Waals surface area contributed by atoms with Crippen molar-refractivity contribution in [3.05, 3.63) is 23.2 Å². The Morgan fingerprint density at radius 1 is 1.26 bits per heavy atom. The number of aromatic nitrogens is 4. The van der Waals surface area contributed by atoms with Crippen molar-refractivity contribution in [1.82, 2.24) is 25.1 Å². The molecule has 4 rings (SSSR count). The fourth-order valence-electron chi connectivity index (χ4n) is 3.36. The molecule has 2 fully saturated rings. The topological polar surface area (TPSA) is 90.9 Å². The van der Waals surface area contributed by atoms with Crippen LogP contribution < -0.4 is 15.8 Å². The predicted molar refractivity (Wildman–Crippen MR) is 91.9 cm³/mol. The second-order valence-electron chi connectivity index (χ2n) is 5.90. The average molecular weight is 402 g/mol. The standard InChI is InChI=1S/C14H17BrN6O.ClH/c15-12-6-17-13(16)14(20-12)22-11-5-18-21(7-11)10-3-8-1-2-9(4-10)19-8;/h5-10,19H,1-4H2,(H2,16,17);1H/t8-,9+,10-;. The van der Waals surface area contributed by atoms with Crippen LogP contribution in [0.2, 0.25) is 0 Å². The van der Waals surface area contributed by atoms with Gasteiger partial charge in [-0.05, 0) is 41.6 Å². The minimum absolute atomic E-state index is 0. The van der Waals surface area contributed by atoms with Crippen molar-refractivity contribution < 1.29 is 4.74 Å². The molecule has 4 heterocycles. The lowest BCUT2D eigenvalue weighted by molar-refractivity contribution is 0.281. The lowest BCUT2D eigenvalue weighted by atomic mass is 10.0. The van der Waals surface area contributed by atoms with Crippen LogP contribution in [-0.4, -0.2) is 31.8 Å². The fourth-order valence-corrected chi connectivity index (χ4v) is 3.63. The number of halogens is 2. The molecule has 2 aromatic heterocycles. The zero-order valence-corrected chi connectivity index (χ0v) is 14.8. The van der Waals surface area contributed by atoms with Crippen molar-refractivity contribution in [2.24, 2.45) is 0 Å². The third-order valence-corrected chi connectivity index (χ3v) is 4.73. The van der Waals surface area contributed by atoms with Crippen LogP contribution in [0.4, 0.5) is 5.82 Å². The molecule has 0 aliphatic carbocycles. The molecule has 0 aromatic carbocycles. The van der Waals surface area contributed by atoms with Gasteiger partial charge in [0.1, 0.15) is 4.60 Å². The van der Waals surface area contributed by atoms with E-state index in [-0.39, 0.29) is 18.2 Å². The zero-order valence-electron chi connectivity index (χ0n) is 12.4. The molecule has 2 aromatic rings. The Morgan fingerprint density at radius 3 is 2.74 bits per heavy atom. The van der Waals surface area contributed by atoms with Crippen molar-refractivity contribution in [1.29, 1.82) is 0 Å². The molecule has 0 unspecified atom stereocenters. The summed E-state index contributed by atoms with van der Waals surface area (Å²) in [6.07, 6.45) is 9.94. The van der Waals surface area contributed by atoms with Crippen LogP contribution in [0.25, 0.3) is 0 Å². The molecule has 3 atom stereocenters. The highest BCUT2D eigenvalue weighted by molar-refractivity contribution is 9.10. The normalized spacial score (nSPS) is 25.9. The van der Waals surface area contributed by atoms with Gasteiger partial charge in [-0.3, -0.25) is 4.68 Å². The summed E-state index contributed by atoms with van der Waals surface area (Å²) >= 11 is 3.26. The minimum Gasteiger partial charge on any atom is -0.433 e. The molecule has 23 heavy (non-hydrogen) atoms. The van der Waals surface area contributed by atoms with Crippen LogP contribution in [0, 0.1) is 0 Å². The smallest absolute Gasteiger partial charge is 0.263 e. The van der Waals surface area contributed by atoms with Crippen LogP contribution in [0.15, 0.2) is 23.2 Å². The SMILES string of the molecule is Cl.Nc1ncc(Br)nc1Oc1cnn([C@@H]2C[C@H]3CC[C@@H](C2)N3)c1. The first-order valence-corrected chi connectivity index (χ1v) is 8.23. The second kappa shape index (κ2) is 6.62. The summed E-state index contributed by atoms with van der Waals surface area (Å²) in [5.41, 5.74) is 5.78. The maximum Gasteiger partial charge on any atom is 0.263 e. The molecule has 0 amide bonds. The van der Waals surface area contributed by atoms with Gasteiger partial charge in [-0.25, -0.2) is 9.97 Å². The van der Waals surface area contributed by atoms with Gasteiger partial charge in [0.2, 0.25) is 0 Å². The third kappa shape index (κ3) is 3.44. The lowest BCUT2D eigenvalue weighted by Crippen LogP contribution is -2.38. The van der Waals surface area contributed by atoms with E-state index in [4.69, 9.17) is 10.5 Å². The minimum atomic E-state index is 0. The molecule has 2 saturated heterocycles. The molecule has 2 aliphatic rings. The summed E-state index contributed by atoms with van der Waals surface area (Å²) < 4.78 is 8.29. The number of anilines is 1. The van der Waals surface area contributed by atoms with Gasteiger partial charge < -0.3 is 15.8 Å². The maximum atomic E-state index is 5.78. The first-order valence-electron chi connectivity index (χ1n) is 7.43. The molecule has 7 nitrogen and oxygen atoms in total. The molecule has 2 bridgehead atoms. The molecular formula is C14H18BrClN6O. The van der Waals surface area contributed by atoms with Crippen molar-refractivity contribution >= 4 is 34.2 Å². The maximum absolute atomic E-state index is 5.78. The highest BCUT2D eigenvalue weighted by atomic mass is 79.9.